The number of carboxylic acid groups (broad SMARTS) is 1. The molecule has 1 aromatic heterocycles. The fourth-order valence-corrected chi connectivity index (χ4v) is 3.22. The van der Waals surface area contributed by atoms with Gasteiger partial charge in [0.05, 0.1) is 19.0 Å². The molecule has 1 fully saturated rings. The average molecular weight is 430 g/mol. The van der Waals surface area contributed by atoms with Crippen molar-refractivity contribution in [2.75, 3.05) is 57.9 Å². The monoisotopic (exact) mass is 430 g/mol. The number of aromatic hydroxyl groups is 1. The third-order valence-electron chi connectivity index (χ3n) is 4.94. The van der Waals surface area contributed by atoms with E-state index in [0.29, 0.717) is 12.3 Å². The maximum Gasteiger partial charge on any atom is 0.322 e. The van der Waals surface area contributed by atoms with Gasteiger partial charge in [-0.05, 0) is 24.3 Å². The van der Waals surface area contributed by atoms with Gasteiger partial charge in [-0.3, -0.25) is 14.5 Å². The largest absolute Gasteiger partial charge is 0.505 e. The molecule has 1 aliphatic heterocycles. The summed E-state index contributed by atoms with van der Waals surface area (Å²) in [5, 5.41) is 20.9. The van der Waals surface area contributed by atoms with Crippen LogP contribution in [0.3, 0.4) is 0 Å². The molecule has 0 bridgehead atoms. The fraction of sp³-hybridized carbons (Fsp3) is 0.381. The number of nitrogens with zero attached hydrogens (tertiary/aromatic N) is 3. The van der Waals surface area contributed by atoms with Crippen LogP contribution in [0, 0.1) is 0 Å². The lowest BCUT2D eigenvalue weighted by Gasteiger charge is -2.35. The maximum atomic E-state index is 11.9. The maximum absolute atomic E-state index is 11.9. The third-order valence-corrected chi connectivity index (χ3v) is 4.94. The molecule has 1 aromatic carbocycles. The Hall–Kier alpha value is -3.53. The predicted octanol–water partition coefficient (Wildman–Crippen LogP) is 0.811. The van der Waals surface area contributed by atoms with Crippen LogP contribution in [0.5, 0.6) is 17.2 Å². The van der Waals surface area contributed by atoms with E-state index >= 15 is 0 Å². The highest BCUT2D eigenvalue weighted by molar-refractivity contribution is 5.96. The van der Waals surface area contributed by atoms with E-state index in [-0.39, 0.29) is 11.4 Å². The summed E-state index contributed by atoms with van der Waals surface area (Å²) >= 11 is 0. The Morgan fingerprint density at radius 3 is 2.42 bits per heavy atom. The molecule has 0 radical (unpaired) electrons. The molecule has 1 amide bonds. The molecule has 2 heterocycles. The fourth-order valence-electron chi connectivity index (χ4n) is 3.22. The van der Waals surface area contributed by atoms with Crippen molar-refractivity contribution < 1.29 is 29.3 Å². The van der Waals surface area contributed by atoms with E-state index in [1.165, 1.54) is 12.3 Å². The number of anilines is 1. The summed E-state index contributed by atoms with van der Waals surface area (Å²) in [5.74, 6) is -0.591. The zero-order chi connectivity index (χ0) is 22.2. The molecule has 10 nitrogen and oxygen atoms in total. The number of hydrogen-bond acceptors (Lipinski definition) is 8. The Morgan fingerprint density at radius 1 is 1.13 bits per heavy atom. The van der Waals surface area contributed by atoms with E-state index < -0.39 is 18.4 Å². The number of pyridine rings is 1. The van der Waals surface area contributed by atoms with Crippen LogP contribution in [0.15, 0.2) is 36.5 Å². The molecular weight excluding hydrogens is 404 g/mol. The van der Waals surface area contributed by atoms with Crippen molar-refractivity contribution in [1.82, 2.24) is 15.2 Å². The second kappa shape index (κ2) is 10.5. The van der Waals surface area contributed by atoms with Crippen LogP contribution >= 0.6 is 0 Å². The molecule has 0 aliphatic carbocycles. The second-order valence-corrected chi connectivity index (χ2v) is 6.99. The number of carboxylic acids is 1. The number of carbonyl (C=O) groups is 2. The summed E-state index contributed by atoms with van der Waals surface area (Å²) in [6.45, 7) is 3.98. The van der Waals surface area contributed by atoms with Gasteiger partial charge in [-0.25, -0.2) is 4.98 Å². The number of ether oxygens (including phenoxy) is 2. The number of aromatic nitrogens is 1. The Morgan fingerprint density at radius 2 is 1.81 bits per heavy atom. The second-order valence-electron chi connectivity index (χ2n) is 6.99. The lowest BCUT2D eigenvalue weighted by Crippen LogP contribution is -2.47. The summed E-state index contributed by atoms with van der Waals surface area (Å²) in [6.07, 6.45) is 1.51. The molecule has 3 N–H and O–H groups in total. The quantitative estimate of drug-likeness (QED) is 0.530. The molecule has 2 aromatic rings. The van der Waals surface area contributed by atoms with Crippen molar-refractivity contribution in [3.63, 3.8) is 0 Å². The van der Waals surface area contributed by atoms with Gasteiger partial charge in [-0.1, -0.05) is 0 Å². The standard InChI is InChI=1S/C21H26N4O6/c1-30-16-2-4-17(5-3-16)31-11-10-24-6-8-25(9-7-24)15-12-18(26)20(22-13-15)21(29)23-14-19(27)28/h2-5,12-13,26H,6-11,14H2,1H3,(H,23,29)(H,27,28). The first-order chi connectivity index (χ1) is 15.0. The van der Waals surface area contributed by atoms with Gasteiger partial charge in [0.2, 0.25) is 0 Å². The van der Waals surface area contributed by atoms with Gasteiger partial charge >= 0.3 is 5.97 Å². The van der Waals surface area contributed by atoms with Crippen molar-refractivity contribution >= 4 is 17.6 Å². The van der Waals surface area contributed by atoms with Gasteiger partial charge in [0.25, 0.3) is 5.91 Å². The number of nitrogens with one attached hydrogen (secondary N) is 1. The van der Waals surface area contributed by atoms with Crippen LogP contribution in [0.1, 0.15) is 10.5 Å². The zero-order valence-corrected chi connectivity index (χ0v) is 17.3. The number of methoxy groups -OCH3 is 1. The van der Waals surface area contributed by atoms with Crippen LogP contribution in [-0.4, -0.2) is 85.0 Å². The average Bonchev–Trinajstić information content (AvgIpc) is 2.78. The summed E-state index contributed by atoms with van der Waals surface area (Å²) < 4.78 is 10.9. The van der Waals surface area contributed by atoms with Crippen LogP contribution in [0.4, 0.5) is 5.69 Å². The summed E-state index contributed by atoms with van der Waals surface area (Å²) in [6, 6.07) is 8.95. The molecule has 0 atom stereocenters. The van der Waals surface area contributed by atoms with Crippen LogP contribution in [0.25, 0.3) is 0 Å². The van der Waals surface area contributed by atoms with Gasteiger partial charge in [-0.2, -0.15) is 0 Å². The minimum Gasteiger partial charge on any atom is -0.505 e. The Labute approximate surface area is 180 Å². The molecule has 10 heteroatoms. The summed E-state index contributed by atoms with van der Waals surface area (Å²) in [4.78, 5) is 30.8. The normalized spacial score (nSPS) is 14.2. The molecular formula is C21H26N4O6. The number of amides is 1. The number of carbonyl (C=O) groups excluding carboxylic acids is 1. The van der Waals surface area contributed by atoms with Crippen molar-refractivity contribution in [2.24, 2.45) is 0 Å². The molecule has 1 saturated heterocycles. The van der Waals surface area contributed by atoms with E-state index in [1.54, 1.807) is 7.11 Å². The zero-order valence-electron chi connectivity index (χ0n) is 17.3. The van der Waals surface area contributed by atoms with Gasteiger partial charge in [0.1, 0.15) is 30.4 Å². The van der Waals surface area contributed by atoms with Gasteiger partial charge < -0.3 is 29.9 Å². The highest BCUT2D eigenvalue weighted by Crippen LogP contribution is 2.23. The van der Waals surface area contributed by atoms with Gasteiger partial charge in [-0.15, -0.1) is 0 Å². The molecule has 166 valence electrons. The number of aliphatic carboxylic acids is 1. The van der Waals surface area contributed by atoms with Crippen molar-refractivity contribution in [3.05, 3.63) is 42.2 Å². The third kappa shape index (κ3) is 6.22. The Bertz CT molecular complexity index is 897. The molecule has 31 heavy (non-hydrogen) atoms. The first-order valence-electron chi connectivity index (χ1n) is 9.89. The lowest BCUT2D eigenvalue weighted by atomic mass is 10.2. The highest BCUT2D eigenvalue weighted by Gasteiger charge is 2.20. The van der Waals surface area contributed by atoms with Gasteiger partial charge in [0, 0.05) is 38.8 Å². The van der Waals surface area contributed by atoms with Crippen molar-refractivity contribution in [1.29, 1.82) is 0 Å². The Balaban J connectivity index is 1.45. The first-order valence-corrected chi connectivity index (χ1v) is 9.89. The van der Waals surface area contributed by atoms with E-state index in [4.69, 9.17) is 14.6 Å². The SMILES string of the molecule is COc1ccc(OCCN2CCN(c3cnc(C(=O)NCC(=O)O)c(O)c3)CC2)cc1. The smallest absolute Gasteiger partial charge is 0.322 e. The van der Waals surface area contributed by atoms with E-state index in [0.717, 1.165) is 44.2 Å². The topological polar surface area (TPSA) is 124 Å². The number of rotatable bonds is 9. The first kappa shape index (κ1) is 22.2. The van der Waals surface area contributed by atoms with Crippen LogP contribution < -0.4 is 19.7 Å². The number of benzene rings is 1. The van der Waals surface area contributed by atoms with Crippen LogP contribution in [0.2, 0.25) is 0 Å². The van der Waals surface area contributed by atoms with Gasteiger partial charge in [0.15, 0.2) is 5.69 Å². The summed E-state index contributed by atoms with van der Waals surface area (Å²) in [7, 11) is 1.63. The highest BCUT2D eigenvalue weighted by atomic mass is 16.5. The number of piperazine rings is 1. The molecule has 0 saturated carbocycles. The lowest BCUT2D eigenvalue weighted by molar-refractivity contribution is -0.135. The molecule has 0 spiro atoms. The molecule has 0 unspecified atom stereocenters. The molecule has 1 aliphatic rings. The van der Waals surface area contributed by atoms with E-state index in [9.17, 15) is 14.7 Å². The van der Waals surface area contributed by atoms with Crippen molar-refractivity contribution in [2.45, 2.75) is 0 Å². The van der Waals surface area contributed by atoms with Crippen molar-refractivity contribution in [3.8, 4) is 17.2 Å². The van der Waals surface area contributed by atoms with Crippen LogP contribution in [-0.2, 0) is 4.79 Å². The Kier molecular flexibility index (Phi) is 7.50. The number of hydrogen-bond donors (Lipinski definition) is 3. The minimum absolute atomic E-state index is 0.195. The summed E-state index contributed by atoms with van der Waals surface area (Å²) in [5.41, 5.74) is 0.515. The predicted molar refractivity (Wildman–Crippen MR) is 113 cm³/mol. The minimum atomic E-state index is -1.17. The van der Waals surface area contributed by atoms with E-state index in [1.807, 2.05) is 24.3 Å². The van der Waals surface area contributed by atoms with E-state index in [2.05, 4.69) is 20.1 Å². The molecule has 3 rings (SSSR count).